The van der Waals surface area contributed by atoms with E-state index in [1.54, 1.807) is 13.1 Å². The molecule has 2 aromatic heterocycles. The third-order valence-corrected chi connectivity index (χ3v) is 4.49. The number of nitrogens with one attached hydrogen (secondary N) is 3. The largest absolute Gasteiger partial charge is 0.446 e. The molecule has 9 heteroatoms. The van der Waals surface area contributed by atoms with Gasteiger partial charge in [-0.05, 0) is 25.7 Å². The van der Waals surface area contributed by atoms with E-state index in [0.717, 1.165) is 31.4 Å². The SMILES string of the molecule is CCCNC(=O)O[C@@H]1CC[C@H](c2cc(NC(=O)Cc3cnc(C)o3)n[nH]2)C1. The molecule has 1 aliphatic rings. The van der Waals surface area contributed by atoms with Crippen molar-refractivity contribution in [2.75, 3.05) is 11.9 Å². The van der Waals surface area contributed by atoms with Crippen molar-refractivity contribution >= 4 is 17.8 Å². The van der Waals surface area contributed by atoms with Crippen LogP contribution in [0, 0.1) is 6.92 Å². The van der Waals surface area contributed by atoms with Gasteiger partial charge >= 0.3 is 6.09 Å². The standard InChI is InChI=1S/C18H25N5O4/c1-3-6-19-18(25)27-13-5-4-12(7-13)15-9-16(23-22-15)21-17(24)8-14-10-20-11(2)26-14/h9-10,12-13H,3-8H2,1-2H3,(H,19,25)(H2,21,22,23,24)/t12-,13+/m0/s1. The Morgan fingerprint density at radius 3 is 3.00 bits per heavy atom. The number of aryl methyl sites for hydroxylation is 1. The zero-order chi connectivity index (χ0) is 19.2. The average Bonchev–Trinajstić information content (AvgIpc) is 3.35. The number of hydrogen-bond donors (Lipinski definition) is 3. The van der Waals surface area contributed by atoms with E-state index in [4.69, 9.17) is 9.15 Å². The fourth-order valence-corrected chi connectivity index (χ4v) is 3.19. The van der Waals surface area contributed by atoms with Crippen LogP contribution in [-0.2, 0) is 16.0 Å². The number of nitrogens with zero attached hydrogens (tertiary/aromatic N) is 2. The molecule has 0 aromatic carbocycles. The Morgan fingerprint density at radius 2 is 2.26 bits per heavy atom. The van der Waals surface area contributed by atoms with Gasteiger partial charge < -0.3 is 19.8 Å². The van der Waals surface area contributed by atoms with Gasteiger partial charge in [0.25, 0.3) is 0 Å². The maximum absolute atomic E-state index is 12.1. The highest BCUT2D eigenvalue weighted by Gasteiger charge is 2.30. The molecule has 0 unspecified atom stereocenters. The van der Waals surface area contributed by atoms with Crippen LogP contribution in [0.3, 0.4) is 0 Å². The number of aromatic nitrogens is 3. The van der Waals surface area contributed by atoms with Gasteiger partial charge in [0.05, 0.1) is 12.6 Å². The van der Waals surface area contributed by atoms with Crippen molar-refractivity contribution in [2.24, 2.45) is 0 Å². The van der Waals surface area contributed by atoms with Gasteiger partial charge in [-0.25, -0.2) is 9.78 Å². The maximum atomic E-state index is 12.1. The number of hydrogen-bond acceptors (Lipinski definition) is 6. The first-order valence-electron chi connectivity index (χ1n) is 9.24. The molecule has 27 heavy (non-hydrogen) atoms. The zero-order valence-corrected chi connectivity index (χ0v) is 15.6. The van der Waals surface area contributed by atoms with Gasteiger partial charge in [0, 0.05) is 31.1 Å². The van der Waals surface area contributed by atoms with Crippen molar-refractivity contribution < 1.29 is 18.7 Å². The molecule has 1 saturated carbocycles. The Kier molecular flexibility index (Phi) is 6.10. The number of carbonyl (C=O) groups is 2. The molecular formula is C18H25N5O4. The third-order valence-electron chi connectivity index (χ3n) is 4.49. The molecule has 2 atom stereocenters. The maximum Gasteiger partial charge on any atom is 0.407 e. The first-order chi connectivity index (χ1) is 13.0. The van der Waals surface area contributed by atoms with E-state index in [2.05, 4.69) is 25.8 Å². The minimum atomic E-state index is -0.359. The fourth-order valence-electron chi connectivity index (χ4n) is 3.19. The van der Waals surface area contributed by atoms with E-state index in [1.165, 1.54) is 0 Å². The molecular weight excluding hydrogens is 350 g/mol. The lowest BCUT2D eigenvalue weighted by atomic mass is 10.0. The van der Waals surface area contributed by atoms with E-state index >= 15 is 0 Å². The van der Waals surface area contributed by atoms with Crippen molar-refractivity contribution in [3.8, 4) is 0 Å². The smallest absolute Gasteiger partial charge is 0.407 e. The van der Waals surface area contributed by atoms with Crippen molar-refractivity contribution in [1.29, 1.82) is 0 Å². The summed E-state index contributed by atoms with van der Waals surface area (Å²) < 4.78 is 10.7. The molecule has 2 amide bonds. The van der Waals surface area contributed by atoms with Crippen molar-refractivity contribution in [1.82, 2.24) is 20.5 Å². The van der Waals surface area contributed by atoms with Gasteiger partial charge in [-0.2, -0.15) is 5.10 Å². The molecule has 0 radical (unpaired) electrons. The summed E-state index contributed by atoms with van der Waals surface area (Å²) in [5.41, 5.74) is 0.931. The normalized spacial score (nSPS) is 19.0. The summed E-state index contributed by atoms with van der Waals surface area (Å²) in [4.78, 5) is 27.7. The summed E-state index contributed by atoms with van der Waals surface area (Å²) in [7, 11) is 0. The molecule has 2 aromatic rings. The number of amides is 2. The van der Waals surface area contributed by atoms with Crippen molar-refractivity contribution in [3.63, 3.8) is 0 Å². The van der Waals surface area contributed by atoms with Gasteiger partial charge in [-0.15, -0.1) is 0 Å². The number of H-pyrrole nitrogens is 1. The average molecular weight is 375 g/mol. The number of rotatable bonds is 7. The van der Waals surface area contributed by atoms with Gasteiger partial charge in [-0.1, -0.05) is 6.92 Å². The summed E-state index contributed by atoms with van der Waals surface area (Å²) in [6.07, 6.45) is 4.53. The van der Waals surface area contributed by atoms with Crippen LogP contribution in [0.25, 0.3) is 0 Å². The molecule has 1 aliphatic carbocycles. The predicted molar refractivity (Wildman–Crippen MR) is 97.3 cm³/mol. The Morgan fingerprint density at radius 1 is 1.41 bits per heavy atom. The second-order valence-corrected chi connectivity index (χ2v) is 6.74. The number of carbonyl (C=O) groups excluding carboxylic acids is 2. The fraction of sp³-hybridized carbons (Fsp3) is 0.556. The molecule has 3 N–H and O–H groups in total. The number of ether oxygens (including phenoxy) is 1. The van der Waals surface area contributed by atoms with Crippen LogP contribution >= 0.6 is 0 Å². The second kappa shape index (κ2) is 8.70. The lowest BCUT2D eigenvalue weighted by Crippen LogP contribution is -2.28. The van der Waals surface area contributed by atoms with E-state index in [9.17, 15) is 9.59 Å². The van der Waals surface area contributed by atoms with E-state index in [-0.39, 0.29) is 30.4 Å². The molecule has 0 aliphatic heterocycles. The van der Waals surface area contributed by atoms with Crippen LogP contribution in [0.4, 0.5) is 10.6 Å². The van der Waals surface area contributed by atoms with Crippen LogP contribution in [0.15, 0.2) is 16.7 Å². The quantitative estimate of drug-likeness (QED) is 0.684. The molecule has 0 spiro atoms. The lowest BCUT2D eigenvalue weighted by Gasteiger charge is -2.12. The van der Waals surface area contributed by atoms with Crippen LogP contribution in [0.2, 0.25) is 0 Å². The van der Waals surface area contributed by atoms with Gasteiger partial charge in [0.15, 0.2) is 11.7 Å². The first kappa shape index (κ1) is 18.9. The van der Waals surface area contributed by atoms with E-state index in [1.807, 2.05) is 13.0 Å². The third kappa shape index (κ3) is 5.32. The molecule has 2 heterocycles. The van der Waals surface area contributed by atoms with Crippen LogP contribution in [0.5, 0.6) is 0 Å². The number of alkyl carbamates (subject to hydrolysis) is 1. The Hall–Kier alpha value is -2.84. The number of oxazole rings is 1. The van der Waals surface area contributed by atoms with Crippen molar-refractivity contribution in [2.45, 2.75) is 58.0 Å². The molecule has 9 nitrogen and oxygen atoms in total. The van der Waals surface area contributed by atoms with E-state index in [0.29, 0.717) is 24.0 Å². The molecule has 0 bridgehead atoms. The summed E-state index contributed by atoms with van der Waals surface area (Å²) in [6, 6.07) is 1.83. The Labute approximate surface area is 157 Å². The summed E-state index contributed by atoms with van der Waals surface area (Å²) >= 11 is 0. The number of anilines is 1. The Balaban J connectivity index is 1.47. The highest BCUT2D eigenvalue weighted by molar-refractivity contribution is 5.91. The topological polar surface area (TPSA) is 122 Å². The molecule has 3 rings (SSSR count). The monoisotopic (exact) mass is 375 g/mol. The second-order valence-electron chi connectivity index (χ2n) is 6.74. The zero-order valence-electron chi connectivity index (χ0n) is 15.6. The minimum Gasteiger partial charge on any atom is -0.446 e. The molecule has 1 fully saturated rings. The Bertz CT molecular complexity index is 784. The summed E-state index contributed by atoms with van der Waals surface area (Å²) in [6.45, 7) is 4.34. The first-order valence-corrected chi connectivity index (χ1v) is 9.24. The van der Waals surface area contributed by atoms with Crippen LogP contribution in [0.1, 0.15) is 55.9 Å². The molecule has 146 valence electrons. The highest BCUT2D eigenvalue weighted by Crippen LogP contribution is 2.35. The predicted octanol–water partition coefficient (Wildman–Crippen LogP) is 2.66. The lowest BCUT2D eigenvalue weighted by molar-refractivity contribution is -0.115. The minimum absolute atomic E-state index is 0.0945. The van der Waals surface area contributed by atoms with Gasteiger partial charge in [0.2, 0.25) is 5.91 Å². The van der Waals surface area contributed by atoms with E-state index < -0.39 is 0 Å². The van der Waals surface area contributed by atoms with Gasteiger partial charge in [0.1, 0.15) is 11.9 Å². The molecule has 0 saturated heterocycles. The highest BCUT2D eigenvalue weighted by atomic mass is 16.6. The summed E-state index contributed by atoms with van der Waals surface area (Å²) in [5, 5.41) is 12.6. The van der Waals surface area contributed by atoms with Crippen LogP contribution < -0.4 is 10.6 Å². The number of aromatic amines is 1. The summed E-state index contributed by atoms with van der Waals surface area (Å²) in [5.74, 6) is 1.52. The van der Waals surface area contributed by atoms with Gasteiger partial charge in [-0.3, -0.25) is 9.89 Å². The van der Waals surface area contributed by atoms with Crippen molar-refractivity contribution in [3.05, 3.63) is 29.6 Å². The van der Waals surface area contributed by atoms with Crippen LogP contribution in [-0.4, -0.2) is 39.8 Å².